The lowest BCUT2D eigenvalue weighted by Crippen LogP contribution is -2.18. The number of phenols is 1. The molecule has 1 aromatic heterocycles. The van der Waals surface area contributed by atoms with Crippen LogP contribution in [0.25, 0.3) is 11.0 Å². The van der Waals surface area contributed by atoms with Crippen LogP contribution in [-0.4, -0.2) is 23.6 Å². The average molecular weight is 261 g/mol. The van der Waals surface area contributed by atoms with Crippen LogP contribution in [0.4, 0.5) is 0 Å². The van der Waals surface area contributed by atoms with Gasteiger partial charge in [-0.15, -0.1) is 0 Å². The van der Waals surface area contributed by atoms with Gasteiger partial charge >= 0.3 is 5.63 Å². The molecule has 2 rings (SSSR count). The van der Waals surface area contributed by atoms with Crippen molar-refractivity contribution in [2.75, 3.05) is 13.6 Å². The Hall–Kier alpha value is -1.81. The minimum atomic E-state index is -0.379. The maximum atomic E-state index is 11.6. The summed E-state index contributed by atoms with van der Waals surface area (Å²) in [6, 6.07) is 4.97. The molecule has 0 fully saturated rings. The topological polar surface area (TPSA) is 53.7 Å². The molecule has 102 valence electrons. The predicted molar refractivity (Wildman–Crippen MR) is 75.5 cm³/mol. The van der Waals surface area contributed by atoms with Gasteiger partial charge in [0.25, 0.3) is 0 Å². The summed E-state index contributed by atoms with van der Waals surface area (Å²) < 4.78 is 5.16. The standard InChI is InChI=1S/C15H19NO3/c1-4-10-6-12-11(9-16(3)5-2)7-15(18)19-14(12)8-13(10)17/h6-8,17H,4-5,9H2,1-3H3. The molecular formula is C15H19NO3. The molecule has 2 aromatic rings. The molecule has 19 heavy (non-hydrogen) atoms. The maximum absolute atomic E-state index is 11.6. The fraction of sp³-hybridized carbons (Fsp3) is 0.400. The fourth-order valence-corrected chi connectivity index (χ4v) is 2.12. The van der Waals surface area contributed by atoms with Crippen LogP contribution in [0.1, 0.15) is 25.0 Å². The number of aromatic hydroxyl groups is 1. The second-order valence-electron chi connectivity index (χ2n) is 4.75. The smallest absolute Gasteiger partial charge is 0.336 e. The zero-order valence-corrected chi connectivity index (χ0v) is 11.6. The average Bonchev–Trinajstić information content (AvgIpc) is 2.37. The summed E-state index contributed by atoms with van der Waals surface area (Å²) in [4.78, 5) is 13.7. The Bertz CT molecular complexity index is 646. The lowest BCUT2D eigenvalue weighted by molar-refractivity contribution is 0.346. The zero-order chi connectivity index (χ0) is 14.0. The van der Waals surface area contributed by atoms with Crippen LogP contribution >= 0.6 is 0 Å². The molecule has 0 spiro atoms. The molecule has 1 N–H and O–H groups in total. The van der Waals surface area contributed by atoms with Crippen molar-refractivity contribution in [3.8, 4) is 5.75 Å². The second kappa shape index (κ2) is 5.45. The Morgan fingerprint density at radius 1 is 1.21 bits per heavy atom. The molecule has 0 bridgehead atoms. The number of rotatable bonds is 4. The van der Waals surface area contributed by atoms with Gasteiger partial charge in [-0.1, -0.05) is 13.8 Å². The molecule has 4 nitrogen and oxygen atoms in total. The zero-order valence-electron chi connectivity index (χ0n) is 11.6. The van der Waals surface area contributed by atoms with Crippen LogP contribution in [0.3, 0.4) is 0 Å². The molecular weight excluding hydrogens is 242 g/mol. The lowest BCUT2D eigenvalue weighted by Gasteiger charge is -2.15. The van der Waals surface area contributed by atoms with Gasteiger partial charge in [-0.25, -0.2) is 4.79 Å². The predicted octanol–water partition coefficient (Wildman–Crippen LogP) is 2.51. The van der Waals surface area contributed by atoms with Gasteiger partial charge in [-0.05, 0) is 37.2 Å². The van der Waals surface area contributed by atoms with E-state index in [0.29, 0.717) is 12.1 Å². The van der Waals surface area contributed by atoms with E-state index in [2.05, 4.69) is 11.8 Å². The number of benzene rings is 1. The number of fused-ring (bicyclic) bond motifs is 1. The minimum absolute atomic E-state index is 0.180. The van der Waals surface area contributed by atoms with Gasteiger partial charge in [0.15, 0.2) is 0 Å². The minimum Gasteiger partial charge on any atom is -0.508 e. The SMILES string of the molecule is CCc1cc2c(CN(C)CC)cc(=O)oc2cc1O. The molecule has 0 amide bonds. The molecule has 1 aromatic carbocycles. The Labute approximate surface area is 112 Å². The number of aryl methyl sites for hydroxylation is 1. The van der Waals surface area contributed by atoms with Crippen LogP contribution in [0, 0.1) is 0 Å². The molecule has 4 heteroatoms. The molecule has 0 saturated carbocycles. The third-order valence-corrected chi connectivity index (χ3v) is 3.39. The number of hydrogen-bond donors (Lipinski definition) is 1. The summed E-state index contributed by atoms with van der Waals surface area (Å²) in [6.45, 7) is 5.64. The van der Waals surface area contributed by atoms with Crippen molar-refractivity contribution in [2.45, 2.75) is 26.8 Å². The first-order valence-electron chi connectivity index (χ1n) is 6.52. The van der Waals surface area contributed by atoms with E-state index in [1.165, 1.54) is 12.1 Å². The third kappa shape index (κ3) is 2.79. The van der Waals surface area contributed by atoms with Crippen molar-refractivity contribution < 1.29 is 9.52 Å². The van der Waals surface area contributed by atoms with Crippen LogP contribution in [-0.2, 0) is 13.0 Å². The summed E-state index contributed by atoms with van der Waals surface area (Å²) in [6.07, 6.45) is 0.740. The summed E-state index contributed by atoms with van der Waals surface area (Å²) in [7, 11) is 2.00. The quantitative estimate of drug-likeness (QED) is 0.859. The summed E-state index contributed by atoms with van der Waals surface area (Å²) in [5.41, 5.74) is 1.87. The van der Waals surface area contributed by atoms with Crippen LogP contribution in [0.15, 0.2) is 27.4 Å². The van der Waals surface area contributed by atoms with Crippen molar-refractivity contribution in [2.24, 2.45) is 0 Å². The fourth-order valence-electron chi connectivity index (χ4n) is 2.12. The monoisotopic (exact) mass is 261 g/mol. The van der Waals surface area contributed by atoms with Crippen molar-refractivity contribution in [3.05, 3.63) is 39.7 Å². The van der Waals surface area contributed by atoms with E-state index in [1.807, 2.05) is 20.0 Å². The van der Waals surface area contributed by atoms with Crippen molar-refractivity contribution in [1.29, 1.82) is 0 Å². The van der Waals surface area contributed by atoms with E-state index in [0.717, 1.165) is 29.5 Å². The van der Waals surface area contributed by atoms with Gasteiger partial charge < -0.3 is 14.4 Å². The molecule has 0 radical (unpaired) electrons. The van der Waals surface area contributed by atoms with Crippen molar-refractivity contribution in [3.63, 3.8) is 0 Å². The lowest BCUT2D eigenvalue weighted by atomic mass is 10.0. The highest BCUT2D eigenvalue weighted by Crippen LogP contribution is 2.27. The molecule has 0 saturated heterocycles. The first kappa shape index (κ1) is 13.6. The third-order valence-electron chi connectivity index (χ3n) is 3.39. The summed E-state index contributed by atoms with van der Waals surface area (Å²) in [5, 5.41) is 10.7. The van der Waals surface area contributed by atoms with E-state index in [1.54, 1.807) is 0 Å². The van der Waals surface area contributed by atoms with Gasteiger partial charge in [0.2, 0.25) is 0 Å². The maximum Gasteiger partial charge on any atom is 0.336 e. The second-order valence-corrected chi connectivity index (χ2v) is 4.75. The molecule has 0 aliphatic heterocycles. The Balaban J connectivity index is 2.64. The summed E-state index contributed by atoms with van der Waals surface area (Å²) in [5.74, 6) is 0.180. The Morgan fingerprint density at radius 3 is 2.58 bits per heavy atom. The van der Waals surface area contributed by atoms with Gasteiger partial charge in [0.1, 0.15) is 11.3 Å². The normalized spacial score (nSPS) is 11.4. The highest BCUT2D eigenvalue weighted by molar-refractivity contribution is 5.82. The van der Waals surface area contributed by atoms with Gasteiger partial charge in [-0.3, -0.25) is 0 Å². The first-order chi connectivity index (χ1) is 9.05. The van der Waals surface area contributed by atoms with E-state index in [-0.39, 0.29) is 11.4 Å². The van der Waals surface area contributed by atoms with Gasteiger partial charge in [-0.2, -0.15) is 0 Å². The highest BCUT2D eigenvalue weighted by Gasteiger charge is 2.11. The largest absolute Gasteiger partial charge is 0.508 e. The Kier molecular flexibility index (Phi) is 3.90. The van der Waals surface area contributed by atoms with Crippen molar-refractivity contribution >= 4 is 11.0 Å². The van der Waals surface area contributed by atoms with Crippen molar-refractivity contribution in [1.82, 2.24) is 4.90 Å². The molecule has 1 heterocycles. The van der Waals surface area contributed by atoms with E-state index in [4.69, 9.17) is 4.42 Å². The number of phenolic OH excluding ortho intramolecular Hbond substituents is 1. The highest BCUT2D eigenvalue weighted by atomic mass is 16.4. The van der Waals surface area contributed by atoms with Gasteiger partial charge in [0, 0.05) is 24.1 Å². The first-order valence-corrected chi connectivity index (χ1v) is 6.52. The summed E-state index contributed by atoms with van der Waals surface area (Å²) >= 11 is 0. The molecule has 0 aliphatic carbocycles. The van der Waals surface area contributed by atoms with Crippen LogP contribution in [0.2, 0.25) is 0 Å². The van der Waals surface area contributed by atoms with E-state index < -0.39 is 0 Å². The number of nitrogens with zero attached hydrogens (tertiary/aromatic N) is 1. The molecule has 0 atom stereocenters. The van der Waals surface area contributed by atoms with E-state index >= 15 is 0 Å². The molecule has 0 unspecified atom stereocenters. The van der Waals surface area contributed by atoms with Gasteiger partial charge in [0.05, 0.1) is 0 Å². The number of hydrogen-bond acceptors (Lipinski definition) is 4. The molecule has 0 aliphatic rings. The van der Waals surface area contributed by atoms with Crippen LogP contribution in [0.5, 0.6) is 5.75 Å². The van der Waals surface area contributed by atoms with Crippen LogP contribution < -0.4 is 5.63 Å². The Morgan fingerprint density at radius 2 is 1.95 bits per heavy atom. The van der Waals surface area contributed by atoms with E-state index in [9.17, 15) is 9.90 Å².